The Bertz CT molecular complexity index is 401. The van der Waals surface area contributed by atoms with E-state index in [2.05, 4.69) is 13.2 Å². The average Bonchev–Trinajstić information content (AvgIpc) is 2.35. The molecule has 0 radical (unpaired) electrons. The molecule has 18 heavy (non-hydrogen) atoms. The zero-order valence-electron chi connectivity index (χ0n) is 11.4. The first-order chi connectivity index (χ1) is 8.54. The lowest BCUT2D eigenvalue weighted by Crippen LogP contribution is -2.33. The van der Waals surface area contributed by atoms with E-state index in [1.165, 1.54) is 13.2 Å². The van der Waals surface area contributed by atoms with Crippen molar-refractivity contribution in [1.29, 1.82) is 0 Å². The third-order valence-electron chi connectivity index (χ3n) is 3.06. The molecule has 102 valence electrons. The maximum absolute atomic E-state index is 14.0. The molecule has 5 heteroatoms. The molecule has 1 unspecified atom stereocenters. The van der Waals surface area contributed by atoms with E-state index in [9.17, 15) is 4.39 Å². The predicted molar refractivity (Wildman–Crippen MR) is 78.2 cm³/mol. The second kappa shape index (κ2) is 6.73. The highest BCUT2D eigenvalue weighted by atomic mass is 32.2. The molecule has 3 nitrogen and oxygen atoms in total. The Hall–Kier alpha value is -1.10. The molecule has 0 spiro atoms. The van der Waals surface area contributed by atoms with Crippen molar-refractivity contribution < 1.29 is 9.13 Å². The van der Waals surface area contributed by atoms with Crippen LogP contribution in [0.2, 0.25) is 0 Å². The number of anilines is 2. The number of benzene rings is 1. The van der Waals surface area contributed by atoms with Gasteiger partial charge in [-0.25, -0.2) is 4.39 Å². The minimum Gasteiger partial charge on any atom is -0.495 e. The third-order valence-corrected chi connectivity index (χ3v) is 3.78. The van der Waals surface area contributed by atoms with E-state index in [4.69, 9.17) is 10.5 Å². The van der Waals surface area contributed by atoms with Crippen LogP contribution in [0, 0.1) is 5.82 Å². The van der Waals surface area contributed by atoms with Gasteiger partial charge in [0.15, 0.2) is 0 Å². The van der Waals surface area contributed by atoms with Crippen LogP contribution in [0.4, 0.5) is 15.8 Å². The molecule has 1 aromatic carbocycles. The fraction of sp³-hybridized carbons (Fsp3) is 0.538. The van der Waals surface area contributed by atoms with Crippen LogP contribution < -0.4 is 15.4 Å². The number of hydrogen-bond donors (Lipinski definition) is 1. The molecule has 0 aromatic heterocycles. The third kappa shape index (κ3) is 3.22. The first-order valence-corrected chi connectivity index (χ1v) is 7.29. The molecule has 0 saturated carbocycles. The highest BCUT2D eigenvalue weighted by Gasteiger charge is 2.18. The van der Waals surface area contributed by atoms with Crippen LogP contribution in [0.3, 0.4) is 0 Å². The summed E-state index contributed by atoms with van der Waals surface area (Å²) in [5.74, 6) is 1.16. The topological polar surface area (TPSA) is 38.5 Å². The van der Waals surface area contributed by atoms with Crippen molar-refractivity contribution in [2.75, 3.05) is 36.8 Å². The van der Waals surface area contributed by atoms with E-state index >= 15 is 0 Å². The van der Waals surface area contributed by atoms with Gasteiger partial charge >= 0.3 is 0 Å². The Kier molecular flexibility index (Phi) is 5.59. The lowest BCUT2D eigenvalue weighted by atomic mass is 10.1. The summed E-state index contributed by atoms with van der Waals surface area (Å²) in [6.45, 7) is 2.10. The number of ether oxygens (including phenoxy) is 1. The summed E-state index contributed by atoms with van der Waals surface area (Å²) in [6, 6.07) is 3.27. The van der Waals surface area contributed by atoms with E-state index in [1.54, 1.807) is 17.8 Å². The minimum absolute atomic E-state index is 0.294. The van der Waals surface area contributed by atoms with Crippen LogP contribution in [-0.4, -0.2) is 32.2 Å². The van der Waals surface area contributed by atoms with Gasteiger partial charge in [-0.05, 0) is 12.7 Å². The van der Waals surface area contributed by atoms with Gasteiger partial charge in [-0.15, -0.1) is 0 Å². The lowest BCUT2D eigenvalue weighted by molar-refractivity contribution is 0.416. The summed E-state index contributed by atoms with van der Waals surface area (Å²) in [7, 11) is 3.44. The van der Waals surface area contributed by atoms with Crippen LogP contribution in [0.5, 0.6) is 5.75 Å². The van der Waals surface area contributed by atoms with E-state index in [1.807, 2.05) is 11.9 Å². The Balaban J connectivity index is 3.07. The summed E-state index contributed by atoms with van der Waals surface area (Å²) < 4.78 is 19.1. The van der Waals surface area contributed by atoms with Crippen molar-refractivity contribution >= 4 is 23.1 Å². The second-order valence-corrected chi connectivity index (χ2v) is 5.08. The molecular weight excluding hydrogens is 251 g/mol. The van der Waals surface area contributed by atoms with Crippen LogP contribution >= 0.6 is 11.8 Å². The number of nitrogens with zero attached hydrogens (tertiary/aromatic N) is 1. The van der Waals surface area contributed by atoms with Gasteiger partial charge in [0.2, 0.25) is 0 Å². The molecule has 1 rings (SSSR count). The van der Waals surface area contributed by atoms with Crippen molar-refractivity contribution in [2.24, 2.45) is 0 Å². The van der Waals surface area contributed by atoms with Gasteiger partial charge < -0.3 is 15.4 Å². The number of methoxy groups -OCH3 is 1. The number of rotatable bonds is 6. The molecule has 0 saturated heterocycles. The van der Waals surface area contributed by atoms with Gasteiger partial charge in [0.1, 0.15) is 11.6 Å². The summed E-state index contributed by atoms with van der Waals surface area (Å²) in [5.41, 5.74) is 6.53. The molecule has 0 fully saturated rings. The van der Waals surface area contributed by atoms with E-state index in [0.717, 1.165) is 12.2 Å². The zero-order chi connectivity index (χ0) is 13.7. The van der Waals surface area contributed by atoms with E-state index in [-0.39, 0.29) is 5.82 Å². The van der Waals surface area contributed by atoms with Gasteiger partial charge in [-0.2, -0.15) is 11.8 Å². The SMILES string of the molecule is CCC(CSC)N(C)c1cc(OC)c(N)cc1F. The molecular formula is C13H21FN2OS. The highest BCUT2D eigenvalue weighted by Crippen LogP contribution is 2.31. The smallest absolute Gasteiger partial charge is 0.148 e. The quantitative estimate of drug-likeness (QED) is 0.808. The maximum Gasteiger partial charge on any atom is 0.148 e. The molecule has 0 aliphatic rings. The molecule has 0 amide bonds. The monoisotopic (exact) mass is 272 g/mol. The zero-order valence-corrected chi connectivity index (χ0v) is 12.2. The minimum atomic E-state index is -0.310. The Morgan fingerprint density at radius 2 is 2.17 bits per heavy atom. The fourth-order valence-electron chi connectivity index (χ4n) is 1.90. The molecule has 0 heterocycles. The van der Waals surface area contributed by atoms with E-state index in [0.29, 0.717) is 23.2 Å². The molecule has 2 N–H and O–H groups in total. The Morgan fingerprint density at radius 3 is 2.67 bits per heavy atom. The summed E-state index contributed by atoms with van der Waals surface area (Å²) in [5, 5.41) is 0. The number of nitrogens with two attached hydrogens (primary N) is 1. The van der Waals surface area contributed by atoms with Crippen molar-refractivity contribution in [3.05, 3.63) is 17.9 Å². The molecule has 0 aliphatic carbocycles. The molecule has 1 aromatic rings. The molecule has 1 atom stereocenters. The van der Waals surface area contributed by atoms with Gasteiger partial charge in [-0.1, -0.05) is 6.92 Å². The van der Waals surface area contributed by atoms with Gasteiger partial charge in [0, 0.05) is 31.0 Å². The van der Waals surface area contributed by atoms with Crippen LogP contribution in [0.15, 0.2) is 12.1 Å². The summed E-state index contributed by atoms with van der Waals surface area (Å²) in [6.07, 6.45) is 3.01. The van der Waals surface area contributed by atoms with E-state index < -0.39 is 0 Å². The average molecular weight is 272 g/mol. The molecule has 0 aliphatic heterocycles. The maximum atomic E-state index is 14.0. The fourth-order valence-corrected chi connectivity index (χ4v) is 2.74. The van der Waals surface area contributed by atoms with Gasteiger partial charge in [0.25, 0.3) is 0 Å². The Labute approximate surface area is 112 Å². The number of halogens is 1. The van der Waals surface area contributed by atoms with Gasteiger partial charge in [-0.3, -0.25) is 0 Å². The van der Waals surface area contributed by atoms with Crippen LogP contribution in [0.25, 0.3) is 0 Å². The normalized spacial score (nSPS) is 12.3. The van der Waals surface area contributed by atoms with Gasteiger partial charge in [0.05, 0.1) is 18.5 Å². The predicted octanol–water partition coefficient (Wildman–Crippen LogP) is 2.99. The number of nitrogen functional groups attached to an aromatic ring is 1. The largest absolute Gasteiger partial charge is 0.495 e. The summed E-state index contributed by atoms with van der Waals surface area (Å²) >= 11 is 1.76. The second-order valence-electron chi connectivity index (χ2n) is 4.17. The summed E-state index contributed by atoms with van der Waals surface area (Å²) in [4.78, 5) is 1.95. The first kappa shape index (κ1) is 15.0. The highest BCUT2D eigenvalue weighted by molar-refractivity contribution is 7.98. The van der Waals surface area contributed by atoms with Crippen LogP contribution in [0.1, 0.15) is 13.3 Å². The Morgan fingerprint density at radius 1 is 1.50 bits per heavy atom. The number of hydrogen-bond acceptors (Lipinski definition) is 4. The van der Waals surface area contributed by atoms with Crippen molar-refractivity contribution in [1.82, 2.24) is 0 Å². The van der Waals surface area contributed by atoms with Crippen molar-refractivity contribution in [3.8, 4) is 5.75 Å². The standard InChI is InChI=1S/C13H21FN2OS/c1-5-9(8-18-4)16(2)12-7-13(17-3)11(15)6-10(12)14/h6-7,9H,5,8,15H2,1-4H3. The van der Waals surface area contributed by atoms with Crippen molar-refractivity contribution in [3.63, 3.8) is 0 Å². The number of thioether (sulfide) groups is 1. The van der Waals surface area contributed by atoms with Crippen molar-refractivity contribution in [2.45, 2.75) is 19.4 Å². The molecule has 0 bridgehead atoms. The lowest BCUT2D eigenvalue weighted by Gasteiger charge is -2.29. The first-order valence-electron chi connectivity index (χ1n) is 5.89. The van der Waals surface area contributed by atoms with Crippen LogP contribution in [-0.2, 0) is 0 Å².